The molecule has 10 heteroatoms. The van der Waals surface area contributed by atoms with Gasteiger partial charge in [0.1, 0.15) is 4.90 Å². The van der Waals surface area contributed by atoms with Gasteiger partial charge in [-0.15, -0.1) is 0 Å². The van der Waals surface area contributed by atoms with Crippen molar-refractivity contribution < 1.29 is 18.3 Å². The third-order valence-electron chi connectivity index (χ3n) is 3.55. The Kier molecular flexibility index (Phi) is 3.89. The van der Waals surface area contributed by atoms with Crippen LogP contribution in [-0.4, -0.2) is 23.2 Å². The highest BCUT2D eigenvalue weighted by Crippen LogP contribution is 2.35. The van der Waals surface area contributed by atoms with Gasteiger partial charge in [-0.05, 0) is 24.3 Å². The summed E-state index contributed by atoms with van der Waals surface area (Å²) < 4.78 is 25.9. The summed E-state index contributed by atoms with van der Waals surface area (Å²) in [6, 6.07) is 9.81. The van der Waals surface area contributed by atoms with Crippen molar-refractivity contribution in [1.29, 1.82) is 0 Å². The molecule has 126 valence electrons. The van der Waals surface area contributed by atoms with Gasteiger partial charge < -0.3 is 0 Å². The molecule has 25 heavy (non-hydrogen) atoms. The molecule has 3 rings (SSSR count). The van der Waals surface area contributed by atoms with Crippen LogP contribution in [0.3, 0.4) is 0 Å². The zero-order valence-corrected chi connectivity index (χ0v) is 13.2. The Morgan fingerprint density at radius 2 is 1.48 bits per heavy atom. The maximum Gasteiger partial charge on any atom is 0.288 e. The molecule has 0 radical (unpaired) electrons. The van der Waals surface area contributed by atoms with Crippen LogP contribution in [0.15, 0.2) is 64.5 Å². The fourth-order valence-electron chi connectivity index (χ4n) is 2.46. The molecular weight excluding hydrogens is 350 g/mol. The number of nitro groups is 2. The van der Waals surface area contributed by atoms with Crippen LogP contribution in [0.2, 0.25) is 0 Å². The first kappa shape index (κ1) is 16.5. The smallest absolute Gasteiger partial charge is 0.258 e. The van der Waals surface area contributed by atoms with Gasteiger partial charge in [-0.2, -0.15) is 0 Å². The summed E-state index contributed by atoms with van der Waals surface area (Å²) in [4.78, 5) is 23.9. The van der Waals surface area contributed by atoms with Gasteiger partial charge in [-0.1, -0.05) is 12.1 Å². The molecule has 0 unspecified atom stereocenters. The fourth-order valence-corrected chi connectivity index (χ4v) is 4.04. The van der Waals surface area contributed by atoms with E-state index in [-0.39, 0.29) is 21.5 Å². The Balaban J connectivity index is 2.36. The zero-order chi connectivity index (χ0) is 18.2. The average molecular weight is 359 g/mol. The summed E-state index contributed by atoms with van der Waals surface area (Å²) in [5, 5.41) is 22.3. The number of para-hydroxylation sites is 1. The summed E-state index contributed by atoms with van der Waals surface area (Å²) in [5.74, 6) is 0. The van der Waals surface area contributed by atoms with Crippen molar-refractivity contribution in [3.63, 3.8) is 0 Å². The second-order valence-electron chi connectivity index (χ2n) is 4.97. The number of nitrogens with zero attached hydrogens (tertiary/aromatic N) is 3. The van der Waals surface area contributed by atoms with Crippen LogP contribution >= 0.6 is 0 Å². The largest absolute Gasteiger partial charge is 0.288 e. The highest BCUT2D eigenvalue weighted by atomic mass is 32.2. The van der Waals surface area contributed by atoms with Crippen molar-refractivity contribution in [3.8, 4) is 0 Å². The molecule has 0 saturated carbocycles. The SMILES string of the molecule is O=[N+]([O-])c1ccccc1S(=O)(=O)c1ccc([N+](=O)[O-])c2cccnc12. The van der Waals surface area contributed by atoms with Crippen LogP contribution in [0.1, 0.15) is 0 Å². The van der Waals surface area contributed by atoms with Crippen molar-refractivity contribution in [2.45, 2.75) is 9.79 Å². The Hall–Kier alpha value is -3.40. The minimum atomic E-state index is -4.31. The molecule has 1 heterocycles. The van der Waals surface area contributed by atoms with E-state index in [1.54, 1.807) is 0 Å². The van der Waals surface area contributed by atoms with E-state index in [2.05, 4.69) is 4.98 Å². The molecule has 0 saturated heterocycles. The van der Waals surface area contributed by atoms with Gasteiger partial charge >= 0.3 is 0 Å². The molecule has 2 aromatic carbocycles. The van der Waals surface area contributed by atoms with E-state index >= 15 is 0 Å². The molecule has 0 aliphatic carbocycles. The van der Waals surface area contributed by atoms with Crippen molar-refractivity contribution in [1.82, 2.24) is 4.98 Å². The van der Waals surface area contributed by atoms with Crippen LogP contribution in [0.25, 0.3) is 10.9 Å². The lowest BCUT2D eigenvalue weighted by atomic mass is 10.2. The lowest BCUT2D eigenvalue weighted by Gasteiger charge is -2.08. The highest BCUT2D eigenvalue weighted by molar-refractivity contribution is 7.91. The van der Waals surface area contributed by atoms with Gasteiger partial charge in [0.25, 0.3) is 11.4 Å². The number of aromatic nitrogens is 1. The number of sulfone groups is 1. The van der Waals surface area contributed by atoms with Gasteiger partial charge in [0, 0.05) is 18.3 Å². The number of benzene rings is 2. The van der Waals surface area contributed by atoms with E-state index < -0.39 is 30.3 Å². The lowest BCUT2D eigenvalue weighted by molar-refractivity contribution is -0.387. The molecule has 0 spiro atoms. The molecule has 1 aromatic heterocycles. The summed E-state index contributed by atoms with van der Waals surface area (Å²) >= 11 is 0. The summed E-state index contributed by atoms with van der Waals surface area (Å²) in [6.07, 6.45) is 1.30. The normalized spacial score (nSPS) is 11.4. The van der Waals surface area contributed by atoms with E-state index in [9.17, 15) is 28.6 Å². The van der Waals surface area contributed by atoms with E-state index in [1.807, 2.05) is 0 Å². The second kappa shape index (κ2) is 5.91. The number of fused-ring (bicyclic) bond motifs is 1. The van der Waals surface area contributed by atoms with Crippen LogP contribution in [0.4, 0.5) is 11.4 Å². The summed E-state index contributed by atoms with van der Waals surface area (Å²) in [6.45, 7) is 0. The maximum absolute atomic E-state index is 12.9. The Morgan fingerprint density at radius 3 is 2.16 bits per heavy atom. The van der Waals surface area contributed by atoms with Crippen LogP contribution < -0.4 is 0 Å². The average Bonchev–Trinajstić information content (AvgIpc) is 2.60. The van der Waals surface area contributed by atoms with Gasteiger partial charge in [-0.3, -0.25) is 25.2 Å². The van der Waals surface area contributed by atoms with Crippen LogP contribution in [-0.2, 0) is 9.84 Å². The quantitative estimate of drug-likeness (QED) is 0.516. The molecular formula is C15H9N3O6S. The van der Waals surface area contributed by atoms with Gasteiger partial charge in [-0.25, -0.2) is 8.42 Å². The molecule has 0 bridgehead atoms. The molecule has 9 nitrogen and oxygen atoms in total. The fraction of sp³-hybridized carbons (Fsp3) is 0. The van der Waals surface area contributed by atoms with Crippen LogP contribution in [0, 0.1) is 20.2 Å². The first-order chi connectivity index (χ1) is 11.8. The number of hydrogen-bond acceptors (Lipinski definition) is 7. The zero-order valence-electron chi connectivity index (χ0n) is 12.4. The molecule has 0 atom stereocenters. The first-order valence-electron chi connectivity index (χ1n) is 6.84. The lowest BCUT2D eigenvalue weighted by Crippen LogP contribution is -2.07. The number of non-ortho nitro benzene ring substituents is 1. The highest BCUT2D eigenvalue weighted by Gasteiger charge is 2.30. The predicted octanol–water partition coefficient (Wildman–Crippen LogP) is 2.88. The topological polar surface area (TPSA) is 133 Å². The summed E-state index contributed by atoms with van der Waals surface area (Å²) in [7, 11) is -4.31. The molecule has 0 amide bonds. The number of hydrogen-bond donors (Lipinski definition) is 0. The van der Waals surface area contributed by atoms with Crippen molar-refractivity contribution in [2.75, 3.05) is 0 Å². The van der Waals surface area contributed by atoms with Gasteiger partial charge in [0.05, 0.1) is 25.6 Å². The van der Waals surface area contributed by atoms with E-state index in [0.717, 1.165) is 24.3 Å². The number of pyridine rings is 1. The monoisotopic (exact) mass is 359 g/mol. The van der Waals surface area contributed by atoms with Gasteiger partial charge in [0.15, 0.2) is 0 Å². The second-order valence-corrected chi connectivity index (χ2v) is 6.85. The van der Waals surface area contributed by atoms with Crippen molar-refractivity contribution in [2.24, 2.45) is 0 Å². The van der Waals surface area contributed by atoms with Crippen molar-refractivity contribution in [3.05, 3.63) is 75.0 Å². The summed E-state index contributed by atoms with van der Waals surface area (Å²) in [5.41, 5.74) is -0.996. The minimum Gasteiger partial charge on any atom is -0.258 e. The molecule has 0 fully saturated rings. The third-order valence-corrected chi connectivity index (χ3v) is 5.38. The standard InChI is InChI=1S/C15H9N3O6S/c19-17(20)11-7-8-14(15-10(11)4-3-9-16-15)25(23,24)13-6-2-1-5-12(13)18(21)22/h1-9H. The van der Waals surface area contributed by atoms with Gasteiger partial charge in [0.2, 0.25) is 9.84 Å². The third kappa shape index (κ3) is 2.68. The molecule has 0 N–H and O–H groups in total. The Labute approximate surface area is 140 Å². The maximum atomic E-state index is 12.9. The minimum absolute atomic E-state index is 0.0344. The molecule has 3 aromatic rings. The molecule has 0 aliphatic rings. The van der Waals surface area contributed by atoms with E-state index in [1.165, 1.54) is 30.5 Å². The Bertz CT molecular complexity index is 1130. The predicted molar refractivity (Wildman–Crippen MR) is 86.9 cm³/mol. The first-order valence-corrected chi connectivity index (χ1v) is 8.33. The van der Waals surface area contributed by atoms with Crippen molar-refractivity contribution >= 4 is 32.1 Å². The number of nitro benzene ring substituents is 2. The number of rotatable bonds is 4. The van der Waals surface area contributed by atoms with E-state index in [0.29, 0.717) is 0 Å². The molecule has 0 aliphatic heterocycles. The Morgan fingerprint density at radius 1 is 0.800 bits per heavy atom. The van der Waals surface area contributed by atoms with E-state index in [4.69, 9.17) is 0 Å². The van der Waals surface area contributed by atoms with Crippen LogP contribution in [0.5, 0.6) is 0 Å².